The zero-order chi connectivity index (χ0) is 0. The molecule has 0 aliphatic carbocycles. The van der Waals surface area contributed by atoms with Gasteiger partial charge in [-0.3, -0.25) is 0 Å². The van der Waals surface area contributed by atoms with Crippen molar-refractivity contribution in [3.05, 3.63) is 0 Å². The van der Waals surface area contributed by atoms with Crippen molar-refractivity contribution in [2.75, 3.05) is 0 Å². The predicted octanol–water partition coefficient (Wildman–Crippen LogP) is -0.772. The van der Waals surface area contributed by atoms with Gasteiger partial charge in [0.1, 0.15) is 0 Å². The van der Waals surface area contributed by atoms with Crippen molar-refractivity contribution in [1.82, 2.24) is 0 Å². The molecule has 6 heavy (non-hydrogen) atoms. The van der Waals surface area contributed by atoms with Gasteiger partial charge >= 0.3 is 0 Å². The van der Waals surface area contributed by atoms with Gasteiger partial charge in [-0.05, 0) is 0 Å². The van der Waals surface area contributed by atoms with Gasteiger partial charge in [-0.2, -0.15) is 0 Å². The second-order valence-electron chi connectivity index (χ2n) is 0. The molecule has 0 aliphatic rings. The molecule has 0 N–H and O–H groups in total. The van der Waals surface area contributed by atoms with Crippen LogP contribution in [0.25, 0.3) is 0 Å². The van der Waals surface area contributed by atoms with E-state index in [-0.39, 0.29) is 134 Å². The van der Waals surface area contributed by atoms with Crippen LogP contribution >= 0.6 is 0 Å². The number of hydrogen-bond donors (Lipinski definition) is 0. The summed E-state index contributed by atoms with van der Waals surface area (Å²) in [5, 5.41) is 0. The van der Waals surface area contributed by atoms with Crippen molar-refractivity contribution in [1.29, 1.82) is 0 Å². The quantitative estimate of drug-likeness (QED) is 0.281. The summed E-state index contributed by atoms with van der Waals surface area (Å²) in [5.74, 6) is 0. The Morgan fingerprint density at radius 1 is 1.00 bits per heavy atom. The van der Waals surface area contributed by atoms with Crippen molar-refractivity contribution in [3.8, 4) is 0 Å². The van der Waals surface area contributed by atoms with Crippen LogP contribution < -0.4 is 0 Å². The molecular formula is AuBiCuPbPdPt. The zero-order valence-electron chi connectivity index (χ0n) is 2.18. The summed E-state index contributed by atoms with van der Waals surface area (Å²) in [5.41, 5.74) is 0. The van der Waals surface area contributed by atoms with Crippen molar-refractivity contribution >= 4 is 53.5 Å². The van der Waals surface area contributed by atoms with Crippen LogP contribution in [0.1, 0.15) is 0 Å². The van der Waals surface area contributed by atoms with Crippen LogP contribution in [-0.4, -0.2) is 53.5 Å². The molecule has 0 aromatic carbocycles. The third kappa shape index (κ3) is 23.7. The summed E-state index contributed by atoms with van der Waals surface area (Å²) in [6.07, 6.45) is 0. The second-order valence-corrected chi connectivity index (χ2v) is 0. The average molecular weight is 978 g/mol. The largest absolute Gasteiger partial charge is 0 e. The van der Waals surface area contributed by atoms with Crippen molar-refractivity contribution in [2.45, 2.75) is 0 Å². The monoisotopic (exact) mass is 978 g/mol. The maximum atomic E-state index is 0. The summed E-state index contributed by atoms with van der Waals surface area (Å²) in [6.45, 7) is 0. The van der Waals surface area contributed by atoms with E-state index in [9.17, 15) is 0 Å². The van der Waals surface area contributed by atoms with Gasteiger partial charge in [0.05, 0.1) is 0 Å². The third-order valence-electron chi connectivity index (χ3n) is 0. The average Bonchev–Trinajstić information content (AvgIpc) is 0. The fourth-order valence-electron chi connectivity index (χ4n) is 0. The first-order chi connectivity index (χ1) is 0. The van der Waals surface area contributed by atoms with Crippen LogP contribution in [0.5, 0.6) is 0 Å². The summed E-state index contributed by atoms with van der Waals surface area (Å²) in [7, 11) is 0. The van der Waals surface area contributed by atoms with E-state index >= 15 is 0 Å². The molecular weight excluding hydrogens is 978 g/mol. The van der Waals surface area contributed by atoms with E-state index in [0.717, 1.165) is 0 Å². The molecule has 51 valence electrons. The van der Waals surface area contributed by atoms with Crippen LogP contribution in [0, 0.1) is 0 Å². The van der Waals surface area contributed by atoms with E-state index in [2.05, 4.69) is 0 Å². The second kappa shape index (κ2) is 34.2. The molecule has 0 bridgehead atoms. The van der Waals surface area contributed by atoms with Crippen LogP contribution in [0.2, 0.25) is 0 Å². The Kier molecular flexibility index (Phi) is 270. The van der Waals surface area contributed by atoms with Gasteiger partial charge in [0.25, 0.3) is 0 Å². The van der Waals surface area contributed by atoms with Gasteiger partial charge < -0.3 is 0 Å². The van der Waals surface area contributed by atoms with Gasteiger partial charge in [-0.25, -0.2) is 0 Å². The van der Waals surface area contributed by atoms with Gasteiger partial charge in [0.2, 0.25) is 0 Å². The van der Waals surface area contributed by atoms with Crippen molar-refractivity contribution in [3.63, 3.8) is 0 Å². The molecule has 0 saturated heterocycles. The minimum Gasteiger partial charge on any atom is 0 e. The van der Waals surface area contributed by atoms with Crippen molar-refractivity contribution in [2.24, 2.45) is 0 Å². The first-order valence-corrected chi connectivity index (χ1v) is 0. The fraction of sp³-hybridized carbons (Fsp3) is 0. The molecule has 0 rings (SSSR count). The first-order valence-electron chi connectivity index (χ1n) is 0. The topological polar surface area (TPSA) is 0 Å². The van der Waals surface area contributed by atoms with E-state index < -0.39 is 0 Å². The Morgan fingerprint density at radius 3 is 1.00 bits per heavy atom. The van der Waals surface area contributed by atoms with E-state index in [0.29, 0.717) is 0 Å². The van der Waals surface area contributed by atoms with E-state index in [1.165, 1.54) is 0 Å². The Hall–Kier alpha value is 4.42. The number of rotatable bonds is 0. The summed E-state index contributed by atoms with van der Waals surface area (Å²) >= 11 is 0. The molecule has 0 fully saturated rings. The predicted molar refractivity (Wildman–Crippen MR) is 11.5 cm³/mol. The Bertz CT molecular complexity index is 15.5. The summed E-state index contributed by atoms with van der Waals surface area (Å²) < 4.78 is 0. The van der Waals surface area contributed by atoms with Gasteiger partial charge in [0, 0.05) is 134 Å². The summed E-state index contributed by atoms with van der Waals surface area (Å²) in [6, 6.07) is 0. The normalized spacial score (nSPS) is 0. The molecule has 0 aromatic rings. The van der Waals surface area contributed by atoms with E-state index in [4.69, 9.17) is 0 Å². The molecule has 0 amide bonds. The Labute approximate surface area is 131 Å². The minimum absolute atomic E-state index is 0. The molecule has 0 nitrogen and oxygen atoms in total. The molecule has 9 radical (unpaired) electrons. The molecule has 0 heterocycles. The zero-order valence-corrected chi connectivity index (χ0v) is 16.5. The molecule has 0 aliphatic heterocycles. The van der Waals surface area contributed by atoms with Crippen LogP contribution in [0.4, 0.5) is 0 Å². The Balaban J connectivity index is 0. The molecule has 0 saturated carbocycles. The molecule has 6 heteroatoms. The maximum Gasteiger partial charge on any atom is 0 e. The Morgan fingerprint density at radius 2 is 1.00 bits per heavy atom. The van der Waals surface area contributed by atoms with E-state index in [1.54, 1.807) is 0 Å². The first kappa shape index (κ1) is 47.4. The van der Waals surface area contributed by atoms with Gasteiger partial charge in [-0.1, -0.05) is 0 Å². The number of hydrogen-bond acceptors (Lipinski definition) is 0. The standard InChI is InChI=1S/Au.Bi.Cu.Pb.Pd.Pt. The fourth-order valence-corrected chi connectivity index (χ4v) is 0. The van der Waals surface area contributed by atoms with Crippen LogP contribution in [0.15, 0.2) is 0 Å². The van der Waals surface area contributed by atoms with Crippen LogP contribution in [0.3, 0.4) is 0 Å². The van der Waals surface area contributed by atoms with Crippen LogP contribution in [-0.2, 0) is 80.9 Å². The summed E-state index contributed by atoms with van der Waals surface area (Å²) in [4.78, 5) is 0. The SMILES string of the molecule is [Au].[Bi].[Cu].[Pb].[Pd].[Pt]. The van der Waals surface area contributed by atoms with Gasteiger partial charge in [-0.15, -0.1) is 0 Å². The maximum absolute atomic E-state index is 0. The molecule has 0 spiro atoms. The minimum atomic E-state index is 0. The molecule has 0 atom stereocenters. The van der Waals surface area contributed by atoms with Gasteiger partial charge in [0.15, 0.2) is 0 Å². The van der Waals surface area contributed by atoms with E-state index in [1.807, 2.05) is 0 Å². The smallest absolute Gasteiger partial charge is 0 e. The third-order valence-corrected chi connectivity index (χ3v) is 0. The molecule has 0 aromatic heterocycles. The van der Waals surface area contributed by atoms with Crippen molar-refractivity contribution < 1.29 is 80.9 Å². The molecule has 0 unspecified atom stereocenters.